The minimum atomic E-state index is -3.60. The molecule has 0 saturated heterocycles. The number of aromatic nitrogens is 2. The molecule has 1 aromatic carbocycles. The van der Waals surface area contributed by atoms with E-state index in [1.807, 2.05) is 6.07 Å². The number of rotatable bonds is 3. The van der Waals surface area contributed by atoms with Gasteiger partial charge in [0, 0.05) is 23.8 Å². The van der Waals surface area contributed by atoms with Crippen LogP contribution in [0, 0.1) is 6.92 Å². The van der Waals surface area contributed by atoms with E-state index in [4.69, 9.17) is 0 Å². The molecule has 0 bridgehead atoms. The van der Waals surface area contributed by atoms with Gasteiger partial charge >= 0.3 is 0 Å². The van der Waals surface area contributed by atoms with Crippen molar-refractivity contribution in [2.75, 3.05) is 16.6 Å². The fraction of sp³-hybridized carbons (Fsp3) is 0.273. The lowest BCUT2D eigenvalue weighted by Crippen LogP contribution is -2.13. The topological polar surface area (TPSA) is 84.0 Å². The average molecular weight is 296 g/mol. The van der Waals surface area contributed by atoms with E-state index in [0.717, 1.165) is 35.7 Å². The summed E-state index contributed by atoms with van der Waals surface area (Å²) in [5, 5.41) is 3.45. The first-order valence-electron chi connectivity index (χ1n) is 5.74. The number of aryl methyl sites for hydroxylation is 1. The highest BCUT2D eigenvalue weighted by Gasteiger charge is 2.19. The summed E-state index contributed by atoms with van der Waals surface area (Å²) in [6.07, 6.45) is 0.929. The smallest absolute Gasteiger partial charge is 0.263 e. The zero-order valence-corrected chi connectivity index (χ0v) is 11.8. The van der Waals surface area contributed by atoms with Crippen molar-refractivity contribution in [3.63, 3.8) is 0 Å². The number of anilines is 2. The highest BCUT2D eigenvalue weighted by Crippen LogP contribution is 2.26. The van der Waals surface area contributed by atoms with Gasteiger partial charge in [-0.15, -0.1) is 0 Å². The number of nitrogens with one attached hydrogen (secondary N) is 2. The minimum absolute atomic E-state index is 0.230. The van der Waals surface area contributed by atoms with Gasteiger partial charge in [-0.3, -0.25) is 4.72 Å². The average Bonchev–Trinajstić information content (AvgIpc) is 2.96. The molecular formula is C11H12N4O2S2. The first kappa shape index (κ1) is 12.4. The molecule has 0 amide bonds. The molecule has 1 aliphatic heterocycles. The fourth-order valence-electron chi connectivity index (χ4n) is 1.95. The van der Waals surface area contributed by atoms with Crippen molar-refractivity contribution < 1.29 is 8.42 Å². The number of sulfonamides is 1. The van der Waals surface area contributed by atoms with Gasteiger partial charge in [0.15, 0.2) is 0 Å². The number of hydrogen-bond donors (Lipinski definition) is 2. The van der Waals surface area contributed by atoms with Crippen LogP contribution >= 0.6 is 11.5 Å². The second kappa shape index (κ2) is 4.46. The molecule has 19 heavy (non-hydrogen) atoms. The van der Waals surface area contributed by atoms with Crippen LogP contribution < -0.4 is 10.0 Å². The summed E-state index contributed by atoms with van der Waals surface area (Å²) >= 11 is 1.03. The van der Waals surface area contributed by atoms with E-state index < -0.39 is 10.0 Å². The van der Waals surface area contributed by atoms with Crippen LogP contribution in [0.4, 0.5) is 10.8 Å². The van der Waals surface area contributed by atoms with Gasteiger partial charge in [-0.1, -0.05) is 6.07 Å². The summed E-state index contributed by atoms with van der Waals surface area (Å²) in [4.78, 5) is 4.23. The summed E-state index contributed by atoms with van der Waals surface area (Å²) in [7, 11) is -3.60. The summed E-state index contributed by atoms with van der Waals surface area (Å²) in [5.74, 6) is 0.554. The highest BCUT2D eigenvalue weighted by atomic mass is 32.2. The number of nitrogens with zero attached hydrogens (tertiary/aromatic N) is 2. The van der Waals surface area contributed by atoms with Gasteiger partial charge in [-0.05, 0) is 31.0 Å². The Morgan fingerprint density at radius 2 is 2.26 bits per heavy atom. The van der Waals surface area contributed by atoms with Crippen molar-refractivity contribution in [1.29, 1.82) is 0 Å². The van der Waals surface area contributed by atoms with Crippen LogP contribution in [0.5, 0.6) is 0 Å². The first-order valence-corrected chi connectivity index (χ1v) is 8.00. The van der Waals surface area contributed by atoms with E-state index in [1.165, 1.54) is 0 Å². The largest absolute Gasteiger partial charge is 0.384 e. The van der Waals surface area contributed by atoms with Crippen molar-refractivity contribution in [3.05, 3.63) is 29.6 Å². The van der Waals surface area contributed by atoms with E-state index in [9.17, 15) is 8.42 Å². The molecule has 0 spiro atoms. The third kappa shape index (κ3) is 2.41. The molecule has 8 heteroatoms. The SMILES string of the molecule is Cc1nsc(NS(=O)(=O)c2ccc3c(c2)NCC3)n1. The maximum atomic E-state index is 12.2. The predicted molar refractivity (Wildman–Crippen MR) is 74.1 cm³/mol. The number of fused-ring (bicyclic) bond motifs is 1. The Morgan fingerprint density at radius 3 is 3.00 bits per heavy atom. The van der Waals surface area contributed by atoms with E-state index in [0.29, 0.717) is 5.82 Å². The van der Waals surface area contributed by atoms with Crippen molar-refractivity contribution in [3.8, 4) is 0 Å². The molecule has 0 aliphatic carbocycles. The summed E-state index contributed by atoms with van der Waals surface area (Å²) < 4.78 is 30.8. The van der Waals surface area contributed by atoms with E-state index >= 15 is 0 Å². The second-order valence-electron chi connectivity index (χ2n) is 4.25. The van der Waals surface area contributed by atoms with Crippen LogP contribution in [0.25, 0.3) is 0 Å². The lowest BCUT2D eigenvalue weighted by Gasteiger charge is -2.07. The third-order valence-corrected chi connectivity index (χ3v) is 5.04. The Morgan fingerprint density at radius 1 is 1.42 bits per heavy atom. The molecule has 1 aromatic heterocycles. The van der Waals surface area contributed by atoms with Crippen LogP contribution in [0.1, 0.15) is 11.4 Å². The summed E-state index contributed by atoms with van der Waals surface area (Å²) in [6, 6.07) is 5.11. The van der Waals surface area contributed by atoms with Crippen molar-refractivity contribution >= 4 is 32.4 Å². The Labute approximate surface area is 115 Å². The normalized spacial score (nSPS) is 13.9. The minimum Gasteiger partial charge on any atom is -0.384 e. The lowest BCUT2D eigenvalue weighted by molar-refractivity contribution is 0.601. The molecule has 3 rings (SSSR count). The molecule has 2 N–H and O–H groups in total. The monoisotopic (exact) mass is 296 g/mol. The number of hydrogen-bond acceptors (Lipinski definition) is 6. The Kier molecular flexibility index (Phi) is 2.90. The van der Waals surface area contributed by atoms with Gasteiger partial charge in [0.1, 0.15) is 5.82 Å². The molecule has 0 radical (unpaired) electrons. The van der Waals surface area contributed by atoms with E-state index in [1.54, 1.807) is 19.1 Å². The highest BCUT2D eigenvalue weighted by molar-refractivity contribution is 7.93. The van der Waals surface area contributed by atoms with Crippen molar-refractivity contribution in [2.24, 2.45) is 0 Å². The van der Waals surface area contributed by atoms with Gasteiger partial charge < -0.3 is 5.32 Å². The van der Waals surface area contributed by atoms with Crippen LogP contribution in [-0.4, -0.2) is 24.3 Å². The molecule has 2 heterocycles. The zero-order chi connectivity index (χ0) is 13.5. The van der Waals surface area contributed by atoms with Crippen LogP contribution in [0.3, 0.4) is 0 Å². The maximum Gasteiger partial charge on any atom is 0.263 e. The third-order valence-electron chi connectivity index (χ3n) is 2.85. The van der Waals surface area contributed by atoms with Crippen LogP contribution in [0.2, 0.25) is 0 Å². The molecule has 0 saturated carbocycles. The predicted octanol–water partition coefficient (Wildman–Crippen LogP) is 1.62. The second-order valence-corrected chi connectivity index (χ2v) is 6.68. The first-order chi connectivity index (χ1) is 9.04. The van der Waals surface area contributed by atoms with Gasteiger partial charge in [0.05, 0.1) is 4.90 Å². The van der Waals surface area contributed by atoms with E-state index in [2.05, 4.69) is 19.4 Å². The molecule has 0 atom stereocenters. The lowest BCUT2D eigenvalue weighted by atomic mass is 10.2. The zero-order valence-electron chi connectivity index (χ0n) is 10.2. The molecular weight excluding hydrogens is 284 g/mol. The molecule has 2 aromatic rings. The number of benzene rings is 1. The Hall–Kier alpha value is -1.67. The fourth-order valence-corrected chi connectivity index (χ4v) is 3.77. The Balaban J connectivity index is 1.92. The maximum absolute atomic E-state index is 12.2. The molecule has 0 unspecified atom stereocenters. The van der Waals surface area contributed by atoms with Gasteiger partial charge in [0.2, 0.25) is 5.13 Å². The van der Waals surface area contributed by atoms with Crippen LogP contribution in [-0.2, 0) is 16.4 Å². The molecule has 0 fully saturated rings. The summed E-state index contributed by atoms with van der Waals surface area (Å²) in [5.41, 5.74) is 2.03. The quantitative estimate of drug-likeness (QED) is 0.899. The van der Waals surface area contributed by atoms with Gasteiger partial charge in [0.25, 0.3) is 10.0 Å². The molecule has 1 aliphatic rings. The van der Waals surface area contributed by atoms with Crippen molar-refractivity contribution in [2.45, 2.75) is 18.2 Å². The standard InChI is InChI=1S/C11H12N4O2S2/c1-7-13-11(18-14-7)15-19(16,17)9-3-2-8-4-5-12-10(8)6-9/h2-3,6,12H,4-5H2,1H3,(H,13,14,15). The Bertz CT molecular complexity index is 724. The van der Waals surface area contributed by atoms with Gasteiger partial charge in [-0.2, -0.15) is 4.37 Å². The summed E-state index contributed by atoms with van der Waals surface area (Å²) in [6.45, 7) is 2.56. The van der Waals surface area contributed by atoms with Crippen LogP contribution in [0.15, 0.2) is 23.1 Å². The molecule has 6 nitrogen and oxygen atoms in total. The van der Waals surface area contributed by atoms with Crippen molar-refractivity contribution in [1.82, 2.24) is 9.36 Å². The van der Waals surface area contributed by atoms with E-state index in [-0.39, 0.29) is 10.0 Å². The van der Waals surface area contributed by atoms with Gasteiger partial charge in [-0.25, -0.2) is 13.4 Å². The molecule has 100 valence electrons.